The summed E-state index contributed by atoms with van der Waals surface area (Å²) < 4.78 is 0. The van der Waals surface area contributed by atoms with Gasteiger partial charge in [-0.1, -0.05) is 0 Å². The second-order valence-electron chi connectivity index (χ2n) is 0. The molecule has 0 heterocycles. The van der Waals surface area contributed by atoms with Gasteiger partial charge in [0, 0.05) is 90.1 Å². The Morgan fingerprint density at radius 3 is 1.00 bits per heavy atom. The summed E-state index contributed by atoms with van der Waals surface area (Å²) >= 11 is 0. The zero-order valence-corrected chi connectivity index (χ0v) is 11.7. The third-order valence-corrected chi connectivity index (χ3v) is 0. The van der Waals surface area contributed by atoms with Crippen LogP contribution in [0, 0.1) is 0 Å². The molecule has 0 aromatic rings. The summed E-state index contributed by atoms with van der Waals surface area (Å²) in [5.74, 6) is 0. The van der Waals surface area contributed by atoms with Crippen molar-refractivity contribution in [2.45, 2.75) is 0 Å². The molecule has 4 heteroatoms. The first kappa shape index (κ1) is 28.1. The second kappa shape index (κ2) is 16.7. The Bertz CT molecular complexity index is 8.00. The summed E-state index contributed by atoms with van der Waals surface area (Å²) in [6.07, 6.45) is 0. The van der Waals surface area contributed by atoms with E-state index in [-0.39, 0.29) is 90.1 Å². The molecule has 0 rings (SSSR count). The van der Waals surface area contributed by atoms with Crippen molar-refractivity contribution in [3.63, 3.8) is 0 Å². The summed E-state index contributed by atoms with van der Waals surface area (Å²) in [6, 6.07) is 0. The van der Waals surface area contributed by atoms with Crippen molar-refractivity contribution in [1.29, 1.82) is 0 Å². The van der Waals surface area contributed by atoms with Crippen molar-refractivity contribution in [1.82, 2.24) is 0 Å². The summed E-state index contributed by atoms with van der Waals surface area (Å²) in [6.45, 7) is 0. The van der Waals surface area contributed by atoms with Gasteiger partial charge in [0.05, 0.1) is 0 Å². The molecule has 0 unspecified atom stereocenters. The smallest absolute Gasteiger partial charge is 0 e. The van der Waals surface area contributed by atoms with Crippen LogP contribution in [0.2, 0.25) is 0 Å². The molecule has 0 aliphatic carbocycles. The predicted molar refractivity (Wildman–Crippen MR) is 11.5 cm³/mol. The first-order valence-electron chi connectivity index (χ1n) is 0. The summed E-state index contributed by atoms with van der Waals surface area (Å²) in [5, 5.41) is 0. The molecule has 0 saturated carbocycles. The minimum atomic E-state index is 0. The van der Waals surface area contributed by atoms with E-state index < -0.39 is 0 Å². The molecule has 0 aromatic heterocycles. The molecule has 0 spiro atoms. The largest absolute Gasteiger partial charge is 0 e. The monoisotopic (exact) mass is 251 g/mol. The predicted octanol–water partition coefficient (Wildman–Crippen LogP) is -0.767. The van der Waals surface area contributed by atoms with Crippen molar-refractivity contribution in [3.8, 4) is 0 Å². The van der Waals surface area contributed by atoms with E-state index in [9.17, 15) is 0 Å². The van der Waals surface area contributed by atoms with E-state index in [0.717, 1.165) is 0 Å². The van der Waals surface area contributed by atoms with Crippen LogP contribution in [-0.2, 0) is 41.2 Å². The Hall–Kier alpha value is 2.97. The van der Waals surface area contributed by atoms with E-state index in [1.54, 1.807) is 0 Å². The Morgan fingerprint density at radius 2 is 1.00 bits per heavy atom. The van der Waals surface area contributed by atoms with Crippen molar-refractivity contribution in [2.75, 3.05) is 0 Å². The zero-order valence-electron chi connectivity index (χ0n) is 2.49. The standard InChI is InChI=1S/In.Mg.Ti.Zn. The topological polar surface area (TPSA) is 0 Å². The van der Waals surface area contributed by atoms with Gasteiger partial charge in [-0.25, -0.2) is 0 Å². The molecule has 0 aliphatic rings. The van der Waals surface area contributed by atoms with E-state index in [0.29, 0.717) is 0 Å². The van der Waals surface area contributed by atoms with Crippen LogP contribution >= 0.6 is 0 Å². The van der Waals surface area contributed by atoms with Crippen LogP contribution in [-0.4, -0.2) is 48.9 Å². The number of rotatable bonds is 0. The van der Waals surface area contributed by atoms with Gasteiger partial charge in [-0.3, -0.25) is 0 Å². The second-order valence-corrected chi connectivity index (χ2v) is 0. The van der Waals surface area contributed by atoms with E-state index >= 15 is 0 Å². The van der Waals surface area contributed by atoms with Gasteiger partial charge in [0.1, 0.15) is 0 Å². The molecule has 0 N–H and O–H groups in total. The summed E-state index contributed by atoms with van der Waals surface area (Å²) in [7, 11) is 0. The van der Waals surface area contributed by atoms with Crippen molar-refractivity contribution >= 4 is 48.9 Å². The molecular weight excluding hydrogens is 252 g/mol. The molecule has 0 atom stereocenters. The van der Waals surface area contributed by atoms with Crippen molar-refractivity contribution in [3.05, 3.63) is 0 Å². The van der Waals surface area contributed by atoms with E-state index in [1.165, 1.54) is 0 Å². The van der Waals surface area contributed by atoms with E-state index in [2.05, 4.69) is 0 Å². The van der Waals surface area contributed by atoms with Gasteiger partial charge in [-0.2, -0.15) is 0 Å². The van der Waals surface area contributed by atoms with Gasteiger partial charge in [0.2, 0.25) is 0 Å². The molecular formula is InMgTiZn. The van der Waals surface area contributed by atoms with Crippen molar-refractivity contribution < 1.29 is 41.2 Å². The Balaban J connectivity index is 0. The third-order valence-electron chi connectivity index (χ3n) is 0. The van der Waals surface area contributed by atoms with E-state index in [1.807, 2.05) is 0 Å². The van der Waals surface area contributed by atoms with Crippen LogP contribution in [0.25, 0.3) is 0 Å². The maximum atomic E-state index is 0. The molecule has 0 bridgehead atoms. The third kappa shape index (κ3) is 8.88. The van der Waals surface area contributed by atoms with Crippen LogP contribution in [0.3, 0.4) is 0 Å². The normalized spacial score (nSPS) is 0. The van der Waals surface area contributed by atoms with Crippen LogP contribution < -0.4 is 0 Å². The molecule has 0 nitrogen and oxygen atoms in total. The zero-order chi connectivity index (χ0) is 0. The average molecular weight is 252 g/mol. The molecule has 5 radical (unpaired) electrons. The van der Waals surface area contributed by atoms with Crippen LogP contribution in [0.15, 0.2) is 0 Å². The molecule has 0 saturated heterocycles. The average Bonchev–Trinajstić information content (AvgIpc) is 0. The Labute approximate surface area is 88.4 Å². The molecule has 4 heavy (non-hydrogen) atoms. The number of hydrogen-bond donors (Lipinski definition) is 0. The maximum absolute atomic E-state index is 0. The van der Waals surface area contributed by atoms with Crippen LogP contribution in [0.1, 0.15) is 0 Å². The Kier molecular flexibility index (Phi) is 118. The molecule has 0 aliphatic heterocycles. The fourth-order valence-electron chi connectivity index (χ4n) is 0. The SMILES string of the molecule is [In].[Mg].[Ti].[Zn]. The maximum Gasteiger partial charge on any atom is 0 e. The minimum Gasteiger partial charge on any atom is 0 e. The van der Waals surface area contributed by atoms with Gasteiger partial charge in [0.25, 0.3) is 0 Å². The first-order valence-corrected chi connectivity index (χ1v) is 0. The van der Waals surface area contributed by atoms with Gasteiger partial charge in [-0.05, 0) is 0 Å². The number of hydrogen-bond acceptors (Lipinski definition) is 0. The molecule has 0 fully saturated rings. The van der Waals surface area contributed by atoms with Gasteiger partial charge >= 0.3 is 0 Å². The quantitative estimate of drug-likeness (QED) is 0.497. The van der Waals surface area contributed by atoms with E-state index in [4.69, 9.17) is 0 Å². The summed E-state index contributed by atoms with van der Waals surface area (Å²) in [5.41, 5.74) is 0. The molecule has 0 aromatic carbocycles. The minimum absolute atomic E-state index is 0. The fourth-order valence-corrected chi connectivity index (χ4v) is 0. The fraction of sp³-hybridized carbons (Fsp3) is 0. The summed E-state index contributed by atoms with van der Waals surface area (Å²) in [4.78, 5) is 0. The molecule has 11 valence electrons. The Morgan fingerprint density at radius 1 is 1.00 bits per heavy atom. The van der Waals surface area contributed by atoms with Crippen LogP contribution in [0.5, 0.6) is 0 Å². The van der Waals surface area contributed by atoms with Gasteiger partial charge < -0.3 is 0 Å². The van der Waals surface area contributed by atoms with Gasteiger partial charge in [0.15, 0.2) is 0 Å². The first-order chi connectivity index (χ1) is 0. The van der Waals surface area contributed by atoms with Crippen LogP contribution in [0.4, 0.5) is 0 Å². The molecule has 0 amide bonds. The van der Waals surface area contributed by atoms with Crippen molar-refractivity contribution in [2.24, 2.45) is 0 Å². The van der Waals surface area contributed by atoms with Gasteiger partial charge in [-0.15, -0.1) is 0 Å².